The van der Waals surface area contributed by atoms with Crippen LogP contribution in [0.2, 0.25) is 0 Å². The van der Waals surface area contributed by atoms with Gasteiger partial charge in [-0.15, -0.1) is 0 Å². The lowest BCUT2D eigenvalue weighted by molar-refractivity contribution is -0.0262. The summed E-state index contributed by atoms with van der Waals surface area (Å²) in [5, 5.41) is 23.3. The minimum absolute atomic E-state index is 0.0630. The fraction of sp³-hybridized carbons (Fsp3) is 0.158. The molecule has 2 heterocycles. The lowest BCUT2D eigenvalue weighted by Gasteiger charge is -2.35. The predicted molar refractivity (Wildman–Crippen MR) is 168 cm³/mol. The highest BCUT2D eigenvalue weighted by atomic mass is 16.5. The highest BCUT2D eigenvalue weighted by Crippen LogP contribution is 2.47. The van der Waals surface area contributed by atoms with E-state index in [1.165, 1.54) is 0 Å². The molecule has 0 radical (unpaired) electrons. The Hall–Kier alpha value is -5.06. The molecule has 220 valence electrons. The third-order valence-electron chi connectivity index (χ3n) is 7.58. The maximum Gasteiger partial charge on any atom is 0.184 e. The molecule has 0 saturated heterocycles. The molecule has 2 N–H and O–H groups in total. The van der Waals surface area contributed by atoms with Crippen LogP contribution in [0.5, 0.6) is 23.0 Å². The molecule has 6 rings (SSSR count). The van der Waals surface area contributed by atoms with E-state index in [2.05, 4.69) is 18.4 Å². The van der Waals surface area contributed by atoms with Crippen LogP contribution in [0.15, 0.2) is 134 Å². The van der Waals surface area contributed by atoms with E-state index in [1.54, 1.807) is 12.2 Å². The van der Waals surface area contributed by atoms with Gasteiger partial charge in [-0.2, -0.15) is 0 Å². The molecule has 0 amide bonds. The number of allylic oxidation sites excluding steroid dienone is 3. The SMILES string of the molecule is C=C/C(=C\C=C/CCOCC1(O)c2ccccc2Oc2ccccc21)OCC#CC1(O)c2ccccc2Oc2ccccc21. The third-order valence-corrected chi connectivity index (χ3v) is 7.58. The van der Waals surface area contributed by atoms with Crippen LogP contribution in [0.25, 0.3) is 0 Å². The van der Waals surface area contributed by atoms with Crippen molar-refractivity contribution in [3.05, 3.63) is 156 Å². The van der Waals surface area contributed by atoms with Crippen LogP contribution >= 0.6 is 0 Å². The van der Waals surface area contributed by atoms with E-state index in [1.807, 2.05) is 109 Å². The van der Waals surface area contributed by atoms with Crippen LogP contribution in [0.4, 0.5) is 0 Å². The first-order valence-corrected chi connectivity index (χ1v) is 14.4. The number of ether oxygens (including phenoxy) is 4. The zero-order valence-electron chi connectivity index (χ0n) is 24.1. The molecule has 4 aromatic carbocycles. The van der Waals surface area contributed by atoms with E-state index in [-0.39, 0.29) is 13.2 Å². The number of hydrogen-bond donors (Lipinski definition) is 2. The highest BCUT2D eigenvalue weighted by molar-refractivity contribution is 5.60. The Morgan fingerprint density at radius 1 is 0.750 bits per heavy atom. The first-order chi connectivity index (χ1) is 21.5. The summed E-state index contributed by atoms with van der Waals surface area (Å²) in [6.45, 7) is 4.40. The molecule has 0 atom stereocenters. The minimum atomic E-state index is -1.52. The molecule has 0 spiro atoms. The number of rotatable bonds is 9. The molecule has 6 nitrogen and oxygen atoms in total. The molecule has 0 aromatic heterocycles. The van der Waals surface area contributed by atoms with E-state index in [9.17, 15) is 10.2 Å². The molecule has 44 heavy (non-hydrogen) atoms. The van der Waals surface area contributed by atoms with Gasteiger partial charge < -0.3 is 29.2 Å². The maximum atomic E-state index is 11.7. The van der Waals surface area contributed by atoms with Gasteiger partial charge in [-0.1, -0.05) is 103 Å². The van der Waals surface area contributed by atoms with Crippen LogP contribution in [0, 0.1) is 11.8 Å². The van der Waals surface area contributed by atoms with Crippen molar-refractivity contribution in [2.75, 3.05) is 19.8 Å². The van der Waals surface area contributed by atoms with Crippen molar-refractivity contribution in [2.45, 2.75) is 17.6 Å². The summed E-state index contributed by atoms with van der Waals surface area (Å²) < 4.78 is 23.7. The first-order valence-electron chi connectivity index (χ1n) is 14.4. The zero-order valence-corrected chi connectivity index (χ0v) is 24.1. The third kappa shape index (κ3) is 5.64. The molecular weight excluding hydrogens is 552 g/mol. The Kier molecular flexibility index (Phi) is 8.36. The van der Waals surface area contributed by atoms with E-state index < -0.39 is 11.2 Å². The van der Waals surface area contributed by atoms with E-state index >= 15 is 0 Å². The average Bonchev–Trinajstić information content (AvgIpc) is 3.06. The Morgan fingerprint density at radius 3 is 1.80 bits per heavy atom. The number of hydrogen-bond acceptors (Lipinski definition) is 6. The quantitative estimate of drug-likeness (QED) is 0.0944. The van der Waals surface area contributed by atoms with Gasteiger partial charge in [-0.25, -0.2) is 0 Å². The van der Waals surface area contributed by atoms with Gasteiger partial charge in [-0.3, -0.25) is 0 Å². The number of aliphatic hydroxyl groups is 2. The van der Waals surface area contributed by atoms with Crippen molar-refractivity contribution in [3.8, 4) is 34.8 Å². The lowest BCUT2D eigenvalue weighted by atomic mass is 9.84. The summed E-state index contributed by atoms with van der Waals surface area (Å²) >= 11 is 0. The van der Waals surface area contributed by atoms with Gasteiger partial charge in [0.25, 0.3) is 0 Å². The Balaban J connectivity index is 1.04. The van der Waals surface area contributed by atoms with Crippen LogP contribution in [-0.2, 0) is 20.7 Å². The Morgan fingerprint density at radius 2 is 1.25 bits per heavy atom. The standard InChI is InChI=1S/C38H32O6/c1-2-28(42-26-14-24-37(39)29-16-5-9-20-33(29)43-34-21-10-6-17-30(34)37)15-4-3-13-25-41-27-38(40)31-18-7-11-22-35(31)44-36-23-12-8-19-32(36)38/h2-12,15-23,39-40H,1,13,25-27H2/b4-3-,28-15+. The van der Waals surface area contributed by atoms with E-state index in [4.69, 9.17) is 18.9 Å². The maximum absolute atomic E-state index is 11.7. The largest absolute Gasteiger partial charge is 0.481 e. The van der Waals surface area contributed by atoms with Gasteiger partial charge in [0.2, 0.25) is 0 Å². The topological polar surface area (TPSA) is 77.4 Å². The fourth-order valence-corrected chi connectivity index (χ4v) is 5.41. The molecule has 2 aliphatic heterocycles. The number of para-hydroxylation sites is 4. The van der Waals surface area contributed by atoms with Gasteiger partial charge >= 0.3 is 0 Å². The first kappa shape index (κ1) is 29.0. The second kappa shape index (κ2) is 12.7. The molecule has 2 aliphatic rings. The van der Waals surface area contributed by atoms with Crippen molar-refractivity contribution in [2.24, 2.45) is 0 Å². The van der Waals surface area contributed by atoms with Gasteiger partial charge in [0.15, 0.2) is 5.60 Å². The van der Waals surface area contributed by atoms with E-state index in [0.717, 1.165) is 0 Å². The number of benzene rings is 4. The van der Waals surface area contributed by atoms with E-state index in [0.29, 0.717) is 64.0 Å². The van der Waals surface area contributed by atoms with Crippen LogP contribution < -0.4 is 9.47 Å². The Bertz CT molecular complexity index is 1700. The van der Waals surface area contributed by atoms with Gasteiger partial charge in [0.1, 0.15) is 41.0 Å². The molecule has 0 bridgehead atoms. The zero-order chi connectivity index (χ0) is 30.4. The summed E-state index contributed by atoms with van der Waals surface area (Å²) in [6.07, 6.45) is 7.84. The number of fused-ring (bicyclic) bond motifs is 4. The van der Waals surface area contributed by atoms with Gasteiger partial charge in [0.05, 0.1) is 13.2 Å². The normalized spacial score (nSPS) is 15.3. The van der Waals surface area contributed by atoms with Crippen molar-refractivity contribution in [1.82, 2.24) is 0 Å². The van der Waals surface area contributed by atoms with Crippen molar-refractivity contribution in [1.29, 1.82) is 0 Å². The summed E-state index contributed by atoms with van der Waals surface area (Å²) in [6, 6.07) is 29.6. The lowest BCUT2D eigenvalue weighted by Crippen LogP contribution is -2.36. The minimum Gasteiger partial charge on any atom is -0.481 e. The molecule has 0 fully saturated rings. The second-order valence-corrected chi connectivity index (χ2v) is 10.4. The van der Waals surface area contributed by atoms with Crippen LogP contribution in [0.1, 0.15) is 28.7 Å². The molecule has 4 aromatic rings. The van der Waals surface area contributed by atoms with Gasteiger partial charge in [0, 0.05) is 22.3 Å². The summed E-state index contributed by atoms with van der Waals surface area (Å²) in [7, 11) is 0. The average molecular weight is 585 g/mol. The summed E-state index contributed by atoms with van der Waals surface area (Å²) in [5.41, 5.74) is -0.270. The van der Waals surface area contributed by atoms with Crippen LogP contribution in [-0.4, -0.2) is 30.0 Å². The molecule has 0 unspecified atom stereocenters. The van der Waals surface area contributed by atoms with Crippen LogP contribution in [0.3, 0.4) is 0 Å². The molecular formula is C38H32O6. The predicted octanol–water partition coefficient (Wildman–Crippen LogP) is 7.12. The molecule has 0 saturated carbocycles. The van der Waals surface area contributed by atoms with Crippen molar-refractivity contribution < 1.29 is 29.2 Å². The fourth-order valence-electron chi connectivity index (χ4n) is 5.41. The smallest absolute Gasteiger partial charge is 0.184 e. The summed E-state index contributed by atoms with van der Waals surface area (Å²) in [4.78, 5) is 0. The monoisotopic (exact) mass is 584 g/mol. The Labute approximate surface area is 257 Å². The highest BCUT2D eigenvalue weighted by Gasteiger charge is 2.41. The molecule has 6 heteroatoms. The van der Waals surface area contributed by atoms with Gasteiger partial charge in [-0.05, 0) is 42.8 Å². The second-order valence-electron chi connectivity index (χ2n) is 10.4. The van der Waals surface area contributed by atoms with Crippen molar-refractivity contribution in [3.63, 3.8) is 0 Å². The summed E-state index contributed by atoms with van der Waals surface area (Å²) in [5.74, 6) is 8.90. The van der Waals surface area contributed by atoms with Crippen molar-refractivity contribution >= 4 is 0 Å². The molecule has 0 aliphatic carbocycles.